The summed E-state index contributed by atoms with van der Waals surface area (Å²) >= 11 is 0. The lowest BCUT2D eigenvalue weighted by Crippen LogP contribution is -2.37. The molecule has 0 saturated carbocycles. The normalized spacial score (nSPS) is 20.5. The Labute approximate surface area is 153 Å². The smallest absolute Gasteiger partial charge is 0.261 e. The van der Waals surface area contributed by atoms with Crippen LogP contribution < -0.4 is 0 Å². The molecular weight excluding hydrogens is 326 g/mol. The van der Waals surface area contributed by atoms with E-state index in [1.807, 2.05) is 12.3 Å². The minimum atomic E-state index is -0.159. The first kappa shape index (κ1) is 16.9. The highest BCUT2D eigenvalue weighted by Gasteiger charge is 2.34. The van der Waals surface area contributed by atoms with E-state index in [4.69, 9.17) is 0 Å². The molecule has 1 aromatic heterocycles. The standard InChI is InChI=1S/C21H23N3O2/c25-20-17-8-1-2-9-18(17)21(26)24(20)14-6-13-23-12-4-3-10-19(23)16-7-5-11-22-15-16/h1-2,5,7-9,11,15,19H,3-4,6,10,12-14H2. The van der Waals surface area contributed by atoms with Gasteiger partial charge in [0.15, 0.2) is 0 Å². The van der Waals surface area contributed by atoms with Crippen molar-refractivity contribution in [2.24, 2.45) is 0 Å². The van der Waals surface area contributed by atoms with Crippen LogP contribution in [0.3, 0.4) is 0 Å². The summed E-state index contributed by atoms with van der Waals surface area (Å²) in [4.78, 5) is 33.0. The maximum Gasteiger partial charge on any atom is 0.261 e. The summed E-state index contributed by atoms with van der Waals surface area (Å²) in [5, 5.41) is 0. The quantitative estimate of drug-likeness (QED) is 0.777. The molecule has 1 aromatic carbocycles. The van der Waals surface area contributed by atoms with Crippen LogP contribution in [0.5, 0.6) is 0 Å². The number of imide groups is 1. The number of hydrogen-bond acceptors (Lipinski definition) is 4. The summed E-state index contributed by atoms with van der Waals surface area (Å²) in [6, 6.07) is 11.6. The molecule has 5 nitrogen and oxygen atoms in total. The molecule has 134 valence electrons. The SMILES string of the molecule is O=C1c2ccccc2C(=O)N1CCCN1CCCCC1c1cccnc1. The van der Waals surface area contributed by atoms with E-state index < -0.39 is 0 Å². The van der Waals surface area contributed by atoms with E-state index in [0.717, 1.165) is 25.9 Å². The molecular formula is C21H23N3O2. The van der Waals surface area contributed by atoms with Gasteiger partial charge >= 0.3 is 0 Å². The van der Waals surface area contributed by atoms with Gasteiger partial charge in [-0.1, -0.05) is 24.6 Å². The molecule has 1 saturated heterocycles. The summed E-state index contributed by atoms with van der Waals surface area (Å²) in [5.41, 5.74) is 2.32. The van der Waals surface area contributed by atoms with Crippen LogP contribution in [-0.4, -0.2) is 46.2 Å². The molecule has 1 fully saturated rings. The zero-order valence-electron chi connectivity index (χ0n) is 14.8. The molecule has 3 heterocycles. The van der Waals surface area contributed by atoms with Gasteiger partial charge in [0.1, 0.15) is 0 Å². The van der Waals surface area contributed by atoms with E-state index in [0.29, 0.717) is 23.7 Å². The molecule has 0 aliphatic carbocycles. The average Bonchev–Trinajstić information content (AvgIpc) is 2.94. The predicted octanol–water partition coefficient (Wildman–Crippen LogP) is 3.29. The van der Waals surface area contributed by atoms with Gasteiger partial charge in [-0.05, 0) is 49.6 Å². The Kier molecular flexibility index (Phi) is 4.80. The van der Waals surface area contributed by atoms with Crippen molar-refractivity contribution >= 4 is 11.8 Å². The number of benzene rings is 1. The number of nitrogens with zero attached hydrogens (tertiary/aromatic N) is 3. The summed E-state index contributed by atoms with van der Waals surface area (Å²) in [6.45, 7) is 2.41. The third-order valence-corrected chi connectivity index (χ3v) is 5.39. The van der Waals surface area contributed by atoms with Crippen molar-refractivity contribution in [3.05, 3.63) is 65.5 Å². The van der Waals surface area contributed by atoms with E-state index in [-0.39, 0.29) is 11.8 Å². The third kappa shape index (κ3) is 3.15. The summed E-state index contributed by atoms with van der Waals surface area (Å²) < 4.78 is 0. The highest BCUT2D eigenvalue weighted by molar-refractivity contribution is 6.21. The number of pyridine rings is 1. The van der Waals surface area contributed by atoms with Crippen LogP contribution in [0, 0.1) is 0 Å². The number of amides is 2. The van der Waals surface area contributed by atoms with Gasteiger partial charge in [-0.2, -0.15) is 0 Å². The molecule has 4 rings (SSSR count). The lowest BCUT2D eigenvalue weighted by molar-refractivity contribution is 0.0639. The maximum absolute atomic E-state index is 12.5. The van der Waals surface area contributed by atoms with Crippen LogP contribution in [-0.2, 0) is 0 Å². The fourth-order valence-electron chi connectivity index (χ4n) is 4.08. The van der Waals surface area contributed by atoms with Gasteiger partial charge in [0.25, 0.3) is 11.8 Å². The predicted molar refractivity (Wildman–Crippen MR) is 98.8 cm³/mol. The molecule has 2 aliphatic rings. The van der Waals surface area contributed by atoms with Gasteiger partial charge in [-0.3, -0.25) is 24.4 Å². The van der Waals surface area contributed by atoms with Crippen LogP contribution >= 0.6 is 0 Å². The number of hydrogen-bond donors (Lipinski definition) is 0. The Bertz CT molecular complexity index is 771. The third-order valence-electron chi connectivity index (χ3n) is 5.39. The lowest BCUT2D eigenvalue weighted by atomic mass is 9.96. The lowest BCUT2D eigenvalue weighted by Gasteiger charge is -2.36. The zero-order valence-corrected chi connectivity index (χ0v) is 14.8. The number of rotatable bonds is 5. The van der Waals surface area contributed by atoms with E-state index in [9.17, 15) is 9.59 Å². The fraction of sp³-hybridized carbons (Fsp3) is 0.381. The Hall–Kier alpha value is -2.53. The monoisotopic (exact) mass is 349 g/mol. The number of fused-ring (bicyclic) bond motifs is 1. The topological polar surface area (TPSA) is 53.5 Å². The molecule has 26 heavy (non-hydrogen) atoms. The van der Waals surface area contributed by atoms with E-state index >= 15 is 0 Å². The number of aromatic nitrogens is 1. The van der Waals surface area contributed by atoms with E-state index in [2.05, 4.69) is 16.0 Å². The van der Waals surface area contributed by atoms with Crippen molar-refractivity contribution < 1.29 is 9.59 Å². The molecule has 1 unspecified atom stereocenters. The summed E-state index contributed by atoms with van der Waals surface area (Å²) in [5.74, 6) is -0.318. The van der Waals surface area contributed by atoms with Gasteiger partial charge in [0.2, 0.25) is 0 Å². The summed E-state index contributed by atoms with van der Waals surface area (Å²) in [7, 11) is 0. The van der Waals surface area contributed by atoms with E-state index in [1.54, 1.807) is 30.5 Å². The Morgan fingerprint density at radius 3 is 2.42 bits per heavy atom. The first-order valence-corrected chi connectivity index (χ1v) is 9.35. The van der Waals surface area contributed by atoms with Crippen LogP contribution in [0.4, 0.5) is 0 Å². The fourth-order valence-corrected chi connectivity index (χ4v) is 4.08. The van der Waals surface area contributed by atoms with Crippen molar-refractivity contribution in [1.82, 2.24) is 14.8 Å². The number of carbonyl (C=O) groups excluding carboxylic acids is 2. The number of carbonyl (C=O) groups is 2. The molecule has 1 atom stereocenters. The molecule has 2 amide bonds. The second kappa shape index (κ2) is 7.38. The minimum Gasteiger partial charge on any atom is -0.296 e. The Morgan fingerprint density at radius 2 is 1.73 bits per heavy atom. The Balaban J connectivity index is 1.38. The van der Waals surface area contributed by atoms with Crippen molar-refractivity contribution in [2.45, 2.75) is 31.7 Å². The first-order chi connectivity index (χ1) is 12.8. The highest BCUT2D eigenvalue weighted by Crippen LogP contribution is 2.30. The van der Waals surface area contributed by atoms with Crippen LogP contribution in [0.25, 0.3) is 0 Å². The molecule has 0 bridgehead atoms. The second-order valence-corrected chi connectivity index (χ2v) is 6.99. The number of likely N-dealkylation sites (tertiary alicyclic amines) is 1. The molecule has 0 radical (unpaired) electrons. The molecule has 0 N–H and O–H groups in total. The second-order valence-electron chi connectivity index (χ2n) is 6.99. The average molecular weight is 349 g/mol. The van der Waals surface area contributed by atoms with Gasteiger partial charge in [0, 0.05) is 31.5 Å². The molecule has 2 aliphatic heterocycles. The largest absolute Gasteiger partial charge is 0.296 e. The van der Waals surface area contributed by atoms with Crippen molar-refractivity contribution in [3.63, 3.8) is 0 Å². The molecule has 2 aromatic rings. The maximum atomic E-state index is 12.5. The highest BCUT2D eigenvalue weighted by atomic mass is 16.2. The van der Waals surface area contributed by atoms with Crippen molar-refractivity contribution in [3.8, 4) is 0 Å². The van der Waals surface area contributed by atoms with Gasteiger partial charge in [-0.25, -0.2) is 0 Å². The number of piperidine rings is 1. The van der Waals surface area contributed by atoms with Gasteiger partial charge in [0.05, 0.1) is 11.1 Å². The van der Waals surface area contributed by atoms with E-state index in [1.165, 1.54) is 23.3 Å². The molecule has 0 spiro atoms. The summed E-state index contributed by atoms with van der Waals surface area (Å²) in [6.07, 6.45) is 8.12. The van der Waals surface area contributed by atoms with Crippen molar-refractivity contribution in [2.75, 3.05) is 19.6 Å². The van der Waals surface area contributed by atoms with Crippen LogP contribution in [0.1, 0.15) is 58.0 Å². The van der Waals surface area contributed by atoms with Gasteiger partial charge in [-0.15, -0.1) is 0 Å². The Morgan fingerprint density at radius 1 is 0.962 bits per heavy atom. The first-order valence-electron chi connectivity index (χ1n) is 9.35. The van der Waals surface area contributed by atoms with Crippen LogP contribution in [0.15, 0.2) is 48.8 Å². The minimum absolute atomic E-state index is 0.159. The van der Waals surface area contributed by atoms with Crippen molar-refractivity contribution in [1.29, 1.82) is 0 Å². The zero-order chi connectivity index (χ0) is 17.9. The van der Waals surface area contributed by atoms with Crippen LogP contribution in [0.2, 0.25) is 0 Å². The van der Waals surface area contributed by atoms with Gasteiger partial charge < -0.3 is 0 Å². The molecule has 5 heteroatoms.